The molecule has 174 valence electrons. The highest BCUT2D eigenvalue weighted by atomic mass is 16.3. The quantitative estimate of drug-likeness (QED) is 0.371. The molecule has 0 radical (unpaired) electrons. The molecule has 9 nitrogen and oxygen atoms in total. The Labute approximate surface area is 199 Å². The van der Waals surface area contributed by atoms with Gasteiger partial charge < -0.3 is 8.98 Å². The smallest absolute Gasteiger partial charge is 0.331 e. The van der Waals surface area contributed by atoms with Crippen LogP contribution < -0.4 is 16.3 Å². The summed E-state index contributed by atoms with van der Waals surface area (Å²) in [5.41, 5.74) is 2.78. The molecular formula is C26H21N5O4. The van der Waals surface area contributed by atoms with E-state index < -0.39 is 17.3 Å². The number of hydrogen-bond donors (Lipinski definition) is 0. The standard InChI is InChI=1S/C26H21N5O4/c1-15-13-14-19(35-15)22-24-23-20(25(32)29(3)26(33)28(23)2)21(16-9-5-4-6-10-16)30(24)17-11-7-8-12-18(17)31(22)27-34/h4-14,22H,1-3H3. The molecule has 0 spiro atoms. The second-order valence-electron chi connectivity index (χ2n) is 8.63. The van der Waals surface area contributed by atoms with Gasteiger partial charge in [0.25, 0.3) is 5.56 Å². The Morgan fingerprint density at radius 1 is 0.857 bits per heavy atom. The van der Waals surface area contributed by atoms with E-state index in [0.29, 0.717) is 45.2 Å². The van der Waals surface area contributed by atoms with Crippen molar-refractivity contribution < 1.29 is 4.42 Å². The van der Waals surface area contributed by atoms with Gasteiger partial charge in [-0.15, -0.1) is 4.91 Å². The Hall–Kier alpha value is -4.66. The van der Waals surface area contributed by atoms with Gasteiger partial charge in [-0.3, -0.25) is 13.9 Å². The molecule has 3 aromatic heterocycles. The Morgan fingerprint density at radius 3 is 2.20 bits per heavy atom. The van der Waals surface area contributed by atoms with Gasteiger partial charge in [0.05, 0.1) is 39.0 Å². The lowest BCUT2D eigenvalue weighted by atomic mass is 10.0. The van der Waals surface area contributed by atoms with Crippen LogP contribution in [0.3, 0.4) is 0 Å². The molecule has 0 fully saturated rings. The maximum Gasteiger partial charge on any atom is 0.331 e. The van der Waals surface area contributed by atoms with Crippen LogP contribution in [0, 0.1) is 11.8 Å². The molecule has 4 heterocycles. The molecule has 9 heteroatoms. The fourth-order valence-corrected chi connectivity index (χ4v) is 5.12. The van der Waals surface area contributed by atoms with Gasteiger partial charge >= 0.3 is 5.69 Å². The number of rotatable bonds is 3. The summed E-state index contributed by atoms with van der Waals surface area (Å²) in [4.78, 5) is 39.0. The van der Waals surface area contributed by atoms with E-state index in [0.717, 1.165) is 10.1 Å². The minimum atomic E-state index is -0.797. The van der Waals surface area contributed by atoms with Crippen LogP contribution in [0.4, 0.5) is 5.69 Å². The Kier molecular flexibility index (Phi) is 4.44. The van der Waals surface area contributed by atoms with Crippen LogP contribution in [0.5, 0.6) is 0 Å². The number of furan rings is 1. The summed E-state index contributed by atoms with van der Waals surface area (Å²) < 4.78 is 10.5. The van der Waals surface area contributed by atoms with E-state index in [9.17, 15) is 14.5 Å². The van der Waals surface area contributed by atoms with Gasteiger partial charge in [-0.2, -0.15) is 0 Å². The minimum absolute atomic E-state index is 0.381. The topological polar surface area (TPSA) is 94.7 Å². The van der Waals surface area contributed by atoms with E-state index in [1.807, 2.05) is 66.1 Å². The first-order valence-corrected chi connectivity index (χ1v) is 11.1. The van der Waals surface area contributed by atoms with Crippen molar-refractivity contribution in [1.29, 1.82) is 0 Å². The van der Waals surface area contributed by atoms with Gasteiger partial charge in [-0.1, -0.05) is 42.5 Å². The summed E-state index contributed by atoms with van der Waals surface area (Å²) in [7, 11) is 3.10. The lowest BCUT2D eigenvalue weighted by Crippen LogP contribution is -2.37. The monoisotopic (exact) mass is 467 g/mol. The molecule has 1 aliphatic rings. The van der Waals surface area contributed by atoms with E-state index in [2.05, 4.69) is 5.29 Å². The zero-order chi connectivity index (χ0) is 24.4. The van der Waals surface area contributed by atoms with Crippen molar-refractivity contribution in [3.05, 3.63) is 110 Å². The van der Waals surface area contributed by atoms with Crippen molar-refractivity contribution in [3.63, 3.8) is 0 Å². The van der Waals surface area contributed by atoms with E-state index in [1.54, 1.807) is 19.2 Å². The third-order valence-corrected chi connectivity index (χ3v) is 6.65. The molecule has 0 N–H and O–H groups in total. The van der Waals surface area contributed by atoms with Gasteiger partial charge in [0.2, 0.25) is 0 Å². The molecule has 0 bridgehead atoms. The highest BCUT2D eigenvalue weighted by molar-refractivity contribution is 5.99. The first kappa shape index (κ1) is 20.9. The van der Waals surface area contributed by atoms with E-state index in [4.69, 9.17) is 4.42 Å². The predicted molar refractivity (Wildman–Crippen MR) is 133 cm³/mol. The van der Waals surface area contributed by atoms with Crippen molar-refractivity contribution in [2.75, 3.05) is 5.01 Å². The van der Waals surface area contributed by atoms with Crippen LogP contribution >= 0.6 is 0 Å². The average molecular weight is 467 g/mol. The predicted octanol–water partition coefficient (Wildman–Crippen LogP) is 4.19. The molecule has 35 heavy (non-hydrogen) atoms. The molecule has 0 aliphatic carbocycles. The Morgan fingerprint density at radius 2 is 1.54 bits per heavy atom. The largest absolute Gasteiger partial charge is 0.464 e. The molecule has 1 unspecified atom stereocenters. The molecule has 1 atom stereocenters. The van der Waals surface area contributed by atoms with Gasteiger partial charge in [-0.05, 0) is 36.8 Å². The highest BCUT2D eigenvalue weighted by Crippen LogP contribution is 2.48. The van der Waals surface area contributed by atoms with Crippen LogP contribution in [0.15, 0.2) is 86.0 Å². The van der Waals surface area contributed by atoms with Gasteiger partial charge in [0.15, 0.2) is 6.04 Å². The van der Waals surface area contributed by atoms with Crippen LogP contribution in [-0.2, 0) is 14.1 Å². The zero-order valence-electron chi connectivity index (χ0n) is 19.3. The zero-order valence-corrected chi connectivity index (χ0v) is 19.3. The first-order chi connectivity index (χ1) is 16.9. The third-order valence-electron chi connectivity index (χ3n) is 6.65. The Balaban J connectivity index is 1.91. The Bertz CT molecular complexity index is 1760. The van der Waals surface area contributed by atoms with E-state index >= 15 is 0 Å². The van der Waals surface area contributed by atoms with Crippen molar-refractivity contribution in [2.45, 2.75) is 13.0 Å². The van der Waals surface area contributed by atoms with Crippen molar-refractivity contribution >= 4 is 16.6 Å². The normalized spacial score (nSPS) is 14.7. The fourth-order valence-electron chi connectivity index (χ4n) is 5.12. The van der Waals surface area contributed by atoms with Crippen LogP contribution in [0.25, 0.3) is 27.8 Å². The van der Waals surface area contributed by atoms with Crippen LogP contribution in [0.1, 0.15) is 23.3 Å². The number of aryl methyl sites for hydroxylation is 2. The number of hydrogen-bond acceptors (Lipinski definition) is 5. The molecule has 5 aromatic rings. The summed E-state index contributed by atoms with van der Waals surface area (Å²) in [6.07, 6.45) is 0. The third kappa shape index (κ3) is 2.75. The first-order valence-electron chi connectivity index (χ1n) is 11.1. The SMILES string of the molecule is Cc1ccc(C2c3c4c(c(-c5ccccc5)n3-c3ccccc3N2N=O)c(=O)n(C)c(=O)n4C)o1. The van der Waals surface area contributed by atoms with Crippen LogP contribution in [0.2, 0.25) is 0 Å². The summed E-state index contributed by atoms with van der Waals surface area (Å²) in [6.45, 7) is 1.82. The van der Waals surface area contributed by atoms with E-state index in [1.165, 1.54) is 16.6 Å². The number of anilines is 1. The maximum absolute atomic E-state index is 13.6. The number of nitroso groups, excluding NO2 is 1. The highest BCUT2D eigenvalue weighted by Gasteiger charge is 2.41. The van der Waals surface area contributed by atoms with Crippen molar-refractivity contribution in [3.8, 4) is 16.9 Å². The molecule has 1 aliphatic heterocycles. The average Bonchev–Trinajstić information content (AvgIpc) is 3.47. The molecule has 2 aromatic carbocycles. The molecular weight excluding hydrogens is 446 g/mol. The lowest BCUT2D eigenvalue weighted by Gasteiger charge is -2.34. The van der Waals surface area contributed by atoms with E-state index in [-0.39, 0.29) is 0 Å². The second-order valence-corrected chi connectivity index (χ2v) is 8.63. The minimum Gasteiger partial charge on any atom is -0.464 e. The molecule has 0 amide bonds. The summed E-state index contributed by atoms with van der Waals surface area (Å²) >= 11 is 0. The summed E-state index contributed by atoms with van der Waals surface area (Å²) in [6, 6.07) is 19.7. The maximum atomic E-state index is 13.6. The van der Waals surface area contributed by atoms with Crippen molar-refractivity contribution in [2.24, 2.45) is 19.4 Å². The second kappa shape index (κ2) is 7.42. The molecule has 6 rings (SSSR count). The molecule has 0 saturated carbocycles. The summed E-state index contributed by atoms with van der Waals surface area (Å²) in [5, 5.41) is 5.10. The number of nitrogens with zero attached hydrogens (tertiary/aromatic N) is 5. The van der Waals surface area contributed by atoms with Gasteiger partial charge in [0, 0.05) is 14.1 Å². The van der Waals surface area contributed by atoms with Crippen molar-refractivity contribution in [1.82, 2.24) is 13.7 Å². The number of aromatic nitrogens is 3. The summed E-state index contributed by atoms with van der Waals surface area (Å²) in [5.74, 6) is 1.14. The van der Waals surface area contributed by atoms with Gasteiger partial charge in [-0.25, -0.2) is 9.80 Å². The van der Waals surface area contributed by atoms with Crippen LogP contribution in [-0.4, -0.2) is 13.7 Å². The number of fused-ring (bicyclic) bond motifs is 5. The fraction of sp³-hybridized carbons (Fsp3) is 0.154. The number of benzene rings is 2. The number of para-hydroxylation sites is 2. The molecule has 0 saturated heterocycles. The lowest BCUT2D eigenvalue weighted by molar-refractivity contribution is 0.447. The van der Waals surface area contributed by atoms with Gasteiger partial charge in [0.1, 0.15) is 11.5 Å².